The van der Waals surface area contributed by atoms with E-state index in [1.54, 1.807) is 22.9 Å². The molecule has 3 unspecified atom stereocenters. The van der Waals surface area contributed by atoms with Crippen LogP contribution in [0.5, 0.6) is 5.75 Å². The number of thioether (sulfide) groups is 2. The maximum atomic E-state index is 11.4. The first kappa shape index (κ1) is 19.7. The molecule has 4 heteroatoms. The van der Waals surface area contributed by atoms with Crippen LogP contribution in [0.25, 0.3) is 0 Å². The number of methoxy groups -OCH3 is 1. The number of hydrogen-bond acceptors (Lipinski definition) is 4. The first-order chi connectivity index (χ1) is 13.2. The summed E-state index contributed by atoms with van der Waals surface area (Å²) in [5, 5.41) is 11.8. The zero-order chi connectivity index (χ0) is 19.0. The summed E-state index contributed by atoms with van der Waals surface area (Å²) in [4.78, 5) is 1.05. The lowest BCUT2D eigenvalue weighted by atomic mass is 9.69. The van der Waals surface area contributed by atoms with E-state index in [-0.39, 0.29) is 12.0 Å². The smallest absolute Gasteiger partial charge is 0.133 e. The normalized spacial score (nSPS) is 28.0. The molecule has 0 fully saturated rings. The van der Waals surface area contributed by atoms with Crippen molar-refractivity contribution in [2.75, 3.05) is 19.6 Å². The molecule has 4 rings (SSSR count). The Balaban J connectivity index is 1.93. The van der Waals surface area contributed by atoms with Crippen molar-refractivity contribution in [1.29, 1.82) is 0 Å². The molecule has 3 aliphatic rings. The van der Waals surface area contributed by atoms with Crippen LogP contribution < -0.4 is 0 Å². The second-order valence-corrected chi connectivity index (χ2v) is 10.1. The molecule has 0 bridgehead atoms. The summed E-state index contributed by atoms with van der Waals surface area (Å²) in [5.74, 6) is 0.768. The first-order valence-electron chi connectivity index (χ1n) is 10.4. The Morgan fingerprint density at radius 1 is 1.04 bits per heavy atom. The number of ether oxygens (including phenoxy) is 1. The van der Waals surface area contributed by atoms with Gasteiger partial charge in [-0.1, -0.05) is 11.1 Å². The SMILES string of the molecule is COC1C(SC)CC2=C(CCCC2)C1c1c(O)c(SC)cc2c1CCCC2. The van der Waals surface area contributed by atoms with Crippen molar-refractivity contribution in [2.24, 2.45) is 0 Å². The molecule has 1 aromatic rings. The van der Waals surface area contributed by atoms with Crippen molar-refractivity contribution < 1.29 is 9.84 Å². The third-order valence-electron chi connectivity index (χ3n) is 6.88. The van der Waals surface area contributed by atoms with Crippen LogP contribution in [-0.2, 0) is 17.6 Å². The van der Waals surface area contributed by atoms with Gasteiger partial charge >= 0.3 is 0 Å². The lowest BCUT2D eigenvalue weighted by Gasteiger charge is -2.43. The average Bonchev–Trinajstić information content (AvgIpc) is 2.72. The Bertz CT molecular complexity index is 740. The fourth-order valence-corrected chi connectivity index (χ4v) is 7.07. The van der Waals surface area contributed by atoms with E-state index in [1.807, 2.05) is 18.9 Å². The highest BCUT2D eigenvalue weighted by Gasteiger charge is 2.42. The number of rotatable bonds is 4. The monoisotopic (exact) mass is 404 g/mol. The van der Waals surface area contributed by atoms with Crippen molar-refractivity contribution in [3.05, 3.63) is 33.9 Å². The number of aryl methyl sites for hydroxylation is 1. The van der Waals surface area contributed by atoms with Gasteiger partial charge in [-0.2, -0.15) is 11.8 Å². The summed E-state index contributed by atoms with van der Waals surface area (Å²) in [6, 6.07) is 2.25. The minimum atomic E-state index is 0.158. The zero-order valence-electron chi connectivity index (χ0n) is 16.8. The maximum Gasteiger partial charge on any atom is 0.133 e. The fourth-order valence-electron chi connectivity index (χ4n) is 5.60. The zero-order valence-corrected chi connectivity index (χ0v) is 18.5. The van der Waals surface area contributed by atoms with E-state index in [4.69, 9.17) is 4.74 Å². The van der Waals surface area contributed by atoms with Gasteiger partial charge in [0.15, 0.2) is 0 Å². The summed E-state index contributed by atoms with van der Waals surface area (Å²) in [6.07, 6.45) is 15.4. The summed E-state index contributed by atoms with van der Waals surface area (Å²) in [7, 11) is 1.87. The van der Waals surface area contributed by atoms with E-state index in [9.17, 15) is 5.11 Å². The fraction of sp³-hybridized carbons (Fsp3) is 0.652. The highest BCUT2D eigenvalue weighted by atomic mass is 32.2. The van der Waals surface area contributed by atoms with Gasteiger partial charge in [0, 0.05) is 28.7 Å². The van der Waals surface area contributed by atoms with Crippen LogP contribution in [0.1, 0.15) is 67.6 Å². The molecule has 148 valence electrons. The molecular weight excluding hydrogens is 372 g/mol. The Hall–Kier alpha value is -0.580. The van der Waals surface area contributed by atoms with Gasteiger partial charge < -0.3 is 9.84 Å². The van der Waals surface area contributed by atoms with Crippen LogP contribution in [0, 0.1) is 0 Å². The number of aromatic hydroxyl groups is 1. The molecule has 0 spiro atoms. The van der Waals surface area contributed by atoms with Crippen molar-refractivity contribution >= 4 is 23.5 Å². The number of hydrogen-bond donors (Lipinski definition) is 1. The van der Waals surface area contributed by atoms with Crippen LogP contribution in [0.3, 0.4) is 0 Å². The molecule has 0 amide bonds. The average molecular weight is 405 g/mol. The number of allylic oxidation sites excluding steroid dienone is 1. The molecule has 0 radical (unpaired) electrons. The van der Waals surface area contributed by atoms with E-state index in [2.05, 4.69) is 18.6 Å². The standard InChI is InChI=1S/C23H32O2S2/c1-25-23-19(27-3)13-15-9-5-7-11-17(15)21(23)20-16-10-6-4-8-14(16)12-18(26-2)22(20)24/h12,19,21,23-24H,4-11,13H2,1-3H3. The number of phenols is 1. The summed E-state index contributed by atoms with van der Waals surface area (Å²) in [5.41, 5.74) is 7.38. The number of fused-ring (bicyclic) bond motifs is 1. The molecule has 0 saturated heterocycles. The lowest BCUT2D eigenvalue weighted by Crippen LogP contribution is -2.39. The molecule has 3 atom stereocenters. The summed E-state index contributed by atoms with van der Waals surface area (Å²) in [6.45, 7) is 0. The third kappa shape index (κ3) is 3.47. The van der Waals surface area contributed by atoms with Gasteiger partial charge in [-0.25, -0.2) is 0 Å². The van der Waals surface area contributed by atoms with Crippen LogP contribution in [0.15, 0.2) is 22.1 Å². The molecule has 3 aliphatic carbocycles. The maximum absolute atomic E-state index is 11.4. The van der Waals surface area contributed by atoms with Crippen LogP contribution >= 0.6 is 23.5 Å². The summed E-state index contributed by atoms with van der Waals surface area (Å²) < 4.78 is 6.16. The molecule has 0 saturated carbocycles. The minimum absolute atomic E-state index is 0.158. The van der Waals surface area contributed by atoms with E-state index >= 15 is 0 Å². The van der Waals surface area contributed by atoms with Crippen molar-refractivity contribution in [1.82, 2.24) is 0 Å². The Labute approximate surface area is 172 Å². The highest BCUT2D eigenvalue weighted by molar-refractivity contribution is 7.99. The Kier molecular flexibility index (Phi) is 6.15. The molecule has 1 N–H and O–H groups in total. The van der Waals surface area contributed by atoms with E-state index in [0.717, 1.165) is 24.2 Å². The van der Waals surface area contributed by atoms with Crippen molar-refractivity contribution in [3.8, 4) is 5.75 Å². The van der Waals surface area contributed by atoms with Gasteiger partial charge in [-0.3, -0.25) is 0 Å². The second-order valence-electron chi connectivity index (χ2n) is 8.18. The largest absolute Gasteiger partial charge is 0.506 e. The molecule has 27 heavy (non-hydrogen) atoms. The van der Waals surface area contributed by atoms with Crippen LogP contribution in [0.4, 0.5) is 0 Å². The molecule has 0 aliphatic heterocycles. The third-order valence-corrected chi connectivity index (χ3v) is 8.67. The van der Waals surface area contributed by atoms with Gasteiger partial charge in [-0.05, 0) is 87.5 Å². The predicted molar refractivity (Wildman–Crippen MR) is 117 cm³/mol. The van der Waals surface area contributed by atoms with Gasteiger partial charge in [-0.15, -0.1) is 11.8 Å². The quantitative estimate of drug-likeness (QED) is 0.485. The van der Waals surface area contributed by atoms with Gasteiger partial charge in [0.1, 0.15) is 5.75 Å². The number of phenolic OH excluding ortho intramolecular Hbond substituents is 1. The molecule has 2 nitrogen and oxygen atoms in total. The van der Waals surface area contributed by atoms with Crippen LogP contribution in [-0.4, -0.2) is 36.1 Å². The predicted octanol–water partition coefficient (Wildman–Crippen LogP) is 6.10. The Morgan fingerprint density at radius 3 is 2.52 bits per heavy atom. The van der Waals surface area contributed by atoms with Gasteiger partial charge in [0.25, 0.3) is 0 Å². The van der Waals surface area contributed by atoms with Crippen LogP contribution in [0.2, 0.25) is 0 Å². The van der Waals surface area contributed by atoms with Crippen molar-refractivity contribution in [3.63, 3.8) is 0 Å². The molecule has 1 aromatic carbocycles. The van der Waals surface area contributed by atoms with E-state index in [1.165, 1.54) is 55.2 Å². The Morgan fingerprint density at radius 2 is 1.78 bits per heavy atom. The topological polar surface area (TPSA) is 29.5 Å². The van der Waals surface area contributed by atoms with Crippen molar-refractivity contribution in [2.45, 2.75) is 80.0 Å². The first-order valence-corrected chi connectivity index (χ1v) is 12.9. The number of benzene rings is 1. The van der Waals surface area contributed by atoms with E-state index in [0.29, 0.717) is 11.0 Å². The van der Waals surface area contributed by atoms with E-state index < -0.39 is 0 Å². The highest BCUT2D eigenvalue weighted by Crippen LogP contribution is 2.52. The molecule has 0 heterocycles. The minimum Gasteiger partial charge on any atom is -0.506 e. The lowest BCUT2D eigenvalue weighted by molar-refractivity contribution is 0.0771. The second kappa shape index (κ2) is 8.42. The van der Waals surface area contributed by atoms with Gasteiger partial charge in [0.05, 0.1) is 6.10 Å². The molecular formula is C23H32O2S2. The molecule has 0 aromatic heterocycles. The van der Waals surface area contributed by atoms with Gasteiger partial charge in [0.2, 0.25) is 0 Å². The summed E-state index contributed by atoms with van der Waals surface area (Å²) >= 11 is 3.62.